The van der Waals surface area contributed by atoms with Crippen LogP contribution in [0.15, 0.2) is 140 Å². The lowest BCUT2D eigenvalue weighted by Gasteiger charge is -2.32. The summed E-state index contributed by atoms with van der Waals surface area (Å²) in [5.74, 6) is 1.05. The summed E-state index contributed by atoms with van der Waals surface area (Å²) in [6, 6.07) is 32.8. The molecule has 0 saturated carbocycles. The molecule has 1 heterocycles. The Labute approximate surface area is 238 Å². The van der Waals surface area contributed by atoms with Gasteiger partial charge in [-0.2, -0.15) is 0 Å². The number of halogens is 1. The number of hydrogen-bond donors (Lipinski definition) is 0. The molecule has 0 amide bonds. The van der Waals surface area contributed by atoms with Crippen LogP contribution in [0.25, 0.3) is 16.6 Å². The van der Waals surface area contributed by atoms with E-state index in [0.29, 0.717) is 28.6 Å². The number of rotatable bonds is 7. The number of carbonyl (C=O) groups excluding carboxylic acids is 1. The summed E-state index contributed by atoms with van der Waals surface area (Å²) in [5.41, 5.74) is 5.00. The Bertz CT molecular complexity index is 1760. The molecular weight excluding hydrogens is 516 g/mol. The van der Waals surface area contributed by atoms with Crippen LogP contribution >= 0.6 is 11.6 Å². The molecule has 0 aliphatic heterocycles. The quantitative estimate of drug-likeness (QED) is 0.153. The fraction of sp³-hybridized carbons (Fsp3) is 0.0571. The van der Waals surface area contributed by atoms with Gasteiger partial charge >= 0.3 is 0 Å². The molecule has 1 unspecified atom stereocenters. The van der Waals surface area contributed by atoms with Crippen LogP contribution in [-0.4, -0.2) is 15.8 Å². The average Bonchev–Trinajstić information content (AvgIpc) is 3.01. The number of ether oxygens (including phenoxy) is 1. The van der Waals surface area contributed by atoms with Crippen molar-refractivity contribution >= 4 is 34.0 Å². The number of allylic oxidation sites excluding steroid dienone is 6. The predicted octanol–water partition coefficient (Wildman–Crippen LogP) is 8.80. The van der Waals surface area contributed by atoms with Gasteiger partial charge in [-0.15, -0.1) is 0 Å². The first-order valence-corrected chi connectivity index (χ1v) is 13.4. The molecule has 0 spiro atoms. The van der Waals surface area contributed by atoms with Gasteiger partial charge in [0.15, 0.2) is 5.78 Å². The van der Waals surface area contributed by atoms with E-state index in [9.17, 15) is 4.79 Å². The fourth-order valence-corrected chi connectivity index (χ4v) is 5.03. The van der Waals surface area contributed by atoms with E-state index in [1.165, 1.54) is 0 Å². The third kappa shape index (κ3) is 5.49. The Balaban J connectivity index is 1.31. The van der Waals surface area contributed by atoms with Crippen LogP contribution in [0.1, 0.15) is 27.9 Å². The molecule has 5 heteroatoms. The highest BCUT2D eigenvalue weighted by molar-refractivity contribution is 6.30. The predicted molar refractivity (Wildman–Crippen MR) is 161 cm³/mol. The lowest BCUT2D eigenvalue weighted by molar-refractivity contribution is 0.104. The van der Waals surface area contributed by atoms with Crippen LogP contribution in [0.2, 0.25) is 5.02 Å². The van der Waals surface area contributed by atoms with Crippen molar-refractivity contribution in [3.05, 3.63) is 161 Å². The maximum Gasteiger partial charge on any atom is 0.238 e. The molecule has 0 N–H and O–H groups in total. The number of carbonyl (C=O) groups is 1. The minimum Gasteiger partial charge on any atom is -0.437 e. The van der Waals surface area contributed by atoms with Gasteiger partial charge in [-0.05, 0) is 65.6 Å². The molecule has 1 aliphatic rings. The molecule has 1 aromatic heterocycles. The van der Waals surface area contributed by atoms with Gasteiger partial charge in [-0.25, -0.2) is 9.97 Å². The van der Waals surface area contributed by atoms with Crippen molar-refractivity contribution in [3.8, 4) is 11.6 Å². The molecular formula is C35H25ClN2O2. The van der Waals surface area contributed by atoms with Gasteiger partial charge in [0.25, 0.3) is 0 Å². The zero-order valence-corrected chi connectivity index (χ0v) is 22.3. The van der Waals surface area contributed by atoms with E-state index in [-0.39, 0.29) is 5.78 Å². The number of ketones is 1. The molecule has 0 saturated heterocycles. The van der Waals surface area contributed by atoms with E-state index < -0.39 is 5.41 Å². The Hall–Kier alpha value is -4.80. The number of hydrogen-bond acceptors (Lipinski definition) is 4. The van der Waals surface area contributed by atoms with Gasteiger partial charge < -0.3 is 4.74 Å². The number of para-hydroxylation sites is 2. The number of fused-ring (bicyclic) bond motifs is 1. The molecule has 194 valence electrons. The van der Waals surface area contributed by atoms with Gasteiger partial charge in [-0.3, -0.25) is 4.79 Å². The Kier molecular flexibility index (Phi) is 7.09. The van der Waals surface area contributed by atoms with Gasteiger partial charge in [0, 0.05) is 16.0 Å². The normalized spacial score (nSPS) is 16.7. The monoisotopic (exact) mass is 540 g/mol. The summed E-state index contributed by atoms with van der Waals surface area (Å²) in [4.78, 5) is 22.0. The minimum atomic E-state index is -0.532. The van der Waals surface area contributed by atoms with Crippen molar-refractivity contribution in [1.29, 1.82) is 0 Å². The SMILES string of the molecule is O=C(/C=C/C1(c2ccc(Oc3cnc4ccccc4n3)cc2)C=CC=C(c2ccc(Cl)cc2)C1)c1ccccc1. The summed E-state index contributed by atoms with van der Waals surface area (Å²) in [7, 11) is 0. The number of nitrogens with zero attached hydrogens (tertiary/aromatic N) is 2. The Morgan fingerprint density at radius 2 is 1.57 bits per heavy atom. The highest BCUT2D eigenvalue weighted by atomic mass is 35.5. The number of benzene rings is 4. The van der Waals surface area contributed by atoms with Crippen molar-refractivity contribution < 1.29 is 9.53 Å². The van der Waals surface area contributed by atoms with E-state index in [4.69, 9.17) is 16.3 Å². The van der Waals surface area contributed by atoms with E-state index in [1.807, 2.05) is 109 Å². The summed E-state index contributed by atoms with van der Waals surface area (Å²) in [6.45, 7) is 0. The topological polar surface area (TPSA) is 52.1 Å². The van der Waals surface area contributed by atoms with Crippen molar-refractivity contribution in [3.63, 3.8) is 0 Å². The first-order chi connectivity index (χ1) is 19.6. The molecule has 0 bridgehead atoms. The Morgan fingerprint density at radius 1 is 0.850 bits per heavy atom. The van der Waals surface area contributed by atoms with Crippen molar-refractivity contribution in [2.45, 2.75) is 11.8 Å². The molecule has 40 heavy (non-hydrogen) atoms. The van der Waals surface area contributed by atoms with Crippen LogP contribution < -0.4 is 4.74 Å². The fourth-order valence-electron chi connectivity index (χ4n) is 4.91. The van der Waals surface area contributed by atoms with E-state index in [2.05, 4.69) is 28.2 Å². The maximum absolute atomic E-state index is 13.0. The van der Waals surface area contributed by atoms with Crippen LogP contribution in [0, 0.1) is 0 Å². The summed E-state index contributed by atoms with van der Waals surface area (Å²) >= 11 is 6.14. The maximum atomic E-state index is 13.0. The summed E-state index contributed by atoms with van der Waals surface area (Å²) in [6.07, 6.45) is 12.3. The van der Waals surface area contributed by atoms with Crippen LogP contribution in [-0.2, 0) is 5.41 Å². The van der Waals surface area contributed by atoms with Crippen LogP contribution in [0.3, 0.4) is 0 Å². The summed E-state index contributed by atoms with van der Waals surface area (Å²) < 4.78 is 6.03. The standard InChI is InChI=1S/C35H25ClN2O2/c36-29-16-12-25(13-17-29)27-9-6-21-35(23-27,22-20-33(39)26-7-2-1-3-8-26)28-14-18-30(19-15-28)40-34-24-37-31-10-4-5-11-32(31)38-34/h1-22,24H,23H2/b22-20+. The lowest BCUT2D eigenvalue weighted by Crippen LogP contribution is -2.23. The van der Waals surface area contributed by atoms with Gasteiger partial charge in [-0.1, -0.05) is 103 Å². The largest absolute Gasteiger partial charge is 0.437 e. The molecule has 6 rings (SSSR count). The van der Waals surface area contributed by atoms with Crippen LogP contribution in [0.5, 0.6) is 11.6 Å². The average molecular weight is 541 g/mol. The van der Waals surface area contributed by atoms with Gasteiger partial charge in [0.2, 0.25) is 5.88 Å². The van der Waals surface area contributed by atoms with E-state index in [0.717, 1.165) is 27.7 Å². The third-order valence-corrected chi connectivity index (χ3v) is 7.27. The van der Waals surface area contributed by atoms with E-state index >= 15 is 0 Å². The second-order valence-corrected chi connectivity index (χ2v) is 10.1. The molecule has 4 nitrogen and oxygen atoms in total. The Morgan fingerprint density at radius 3 is 2.35 bits per heavy atom. The van der Waals surface area contributed by atoms with Gasteiger partial charge in [0.1, 0.15) is 5.75 Å². The zero-order chi connectivity index (χ0) is 27.4. The first-order valence-electron chi connectivity index (χ1n) is 13.0. The van der Waals surface area contributed by atoms with Crippen molar-refractivity contribution in [1.82, 2.24) is 9.97 Å². The van der Waals surface area contributed by atoms with E-state index in [1.54, 1.807) is 12.3 Å². The smallest absolute Gasteiger partial charge is 0.238 e. The number of aromatic nitrogens is 2. The molecule has 0 radical (unpaired) electrons. The lowest BCUT2D eigenvalue weighted by atomic mass is 9.71. The second-order valence-electron chi connectivity index (χ2n) is 9.66. The summed E-state index contributed by atoms with van der Waals surface area (Å²) in [5, 5.41) is 0.696. The van der Waals surface area contributed by atoms with Crippen molar-refractivity contribution in [2.24, 2.45) is 0 Å². The molecule has 4 aromatic carbocycles. The van der Waals surface area contributed by atoms with Crippen LogP contribution in [0.4, 0.5) is 0 Å². The third-order valence-electron chi connectivity index (χ3n) is 7.02. The molecule has 1 atom stereocenters. The minimum absolute atomic E-state index is 0.0363. The molecule has 5 aromatic rings. The van der Waals surface area contributed by atoms with Crippen molar-refractivity contribution in [2.75, 3.05) is 0 Å². The van der Waals surface area contributed by atoms with Gasteiger partial charge in [0.05, 0.1) is 17.2 Å². The molecule has 0 fully saturated rings. The zero-order valence-electron chi connectivity index (χ0n) is 21.6. The highest BCUT2D eigenvalue weighted by Gasteiger charge is 2.30. The molecule has 1 aliphatic carbocycles. The first kappa shape index (κ1) is 25.5. The highest BCUT2D eigenvalue weighted by Crippen LogP contribution is 2.41. The second kappa shape index (κ2) is 11.1.